The maximum absolute atomic E-state index is 11.7. The average Bonchev–Trinajstić information content (AvgIpc) is 3.20. The second-order valence-corrected chi connectivity index (χ2v) is 14.9. The highest BCUT2D eigenvalue weighted by Crippen LogP contribution is 2.26. The second kappa shape index (κ2) is 22.3. The first-order valence-electron chi connectivity index (χ1n) is 19.1. The van der Waals surface area contributed by atoms with E-state index >= 15 is 0 Å². The van der Waals surface area contributed by atoms with Crippen molar-refractivity contribution >= 4 is 75.4 Å². The van der Waals surface area contributed by atoms with Crippen molar-refractivity contribution in [1.82, 2.24) is 15.0 Å². The van der Waals surface area contributed by atoms with Gasteiger partial charge in [-0.3, -0.25) is 10.6 Å². The Morgan fingerprint density at radius 1 is 0.468 bits per heavy atom. The number of hydrogen-bond acceptors (Lipinski definition) is 16. The average molecular weight is 839 g/mol. The van der Waals surface area contributed by atoms with Gasteiger partial charge in [0.05, 0.1) is 22.8 Å². The third-order valence-corrected chi connectivity index (χ3v) is 7.23. The number of carbonyl (C=O) groups is 2. The Kier molecular flexibility index (Phi) is 16.7. The molecule has 18 nitrogen and oxygen atoms in total. The number of hydrogen-bond donors (Lipinski definition) is 5. The first-order chi connectivity index (χ1) is 29.4. The zero-order valence-electron chi connectivity index (χ0n) is 35.5. The number of benzene rings is 3. The standard InChI is InChI=1S/C17H20N4O2.C16H19N5O2.C11H11N5/c1-12-14(21-20-13-8-6-5-7-9-13)10-11-15(18-12)19-16(22)23-17(2,3)4;1-16(2,3)23-15(22)19-13-10-9-12(14(17)18-13)21-20-11-7-5-4-6-8-11;12-10-7-6-9(11(13)14-10)16-15-8-4-2-1-3-5-8/h5-11H,1-4H3,(H,18,19,22);4-10H,1-3H3,(H3,17,18,19,22);1-7H,(H4,12,13,14). The van der Waals surface area contributed by atoms with Crippen LogP contribution in [-0.4, -0.2) is 38.3 Å². The molecule has 0 aliphatic rings. The Morgan fingerprint density at radius 2 is 0.823 bits per heavy atom. The van der Waals surface area contributed by atoms with Crippen molar-refractivity contribution in [2.24, 2.45) is 30.7 Å². The normalized spacial score (nSPS) is 11.3. The molecule has 2 amide bonds. The van der Waals surface area contributed by atoms with Gasteiger partial charge < -0.3 is 26.7 Å². The van der Waals surface area contributed by atoms with Gasteiger partial charge in [-0.25, -0.2) is 24.5 Å². The third kappa shape index (κ3) is 17.4. The minimum atomic E-state index is -0.594. The summed E-state index contributed by atoms with van der Waals surface area (Å²) in [6.07, 6.45) is -1.13. The van der Waals surface area contributed by atoms with Crippen molar-refractivity contribution in [2.75, 3.05) is 27.8 Å². The van der Waals surface area contributed by atoms with Gasteiger partial charge in [-0.1, -0.05) is 54.6 Å². The van der Waals surface area contributed by atoms with Crippen molar-refractivity contribution in [1.29, 1.82) is 0 Å². The fourth-order valence-corrected chi connectivity index (χ4v) is 4.55. The van der Waals surface area contributed by atoms with Crippen LogP contribution in [0.3, 0.4) is 0 Å². The summed E-state index contributed by atoms with van der Waals surface area (Å²) in [6, 6.07) is 38.1. The summed E-state index contributed by atoms with van der Waals surface area (Å²) >= 11 is 0. The van der Waals surface area contributed by atoms with Crippen LogP contribution in [0.25, 0.3) is 0 Å². The number of aromatic nitrogens is 3. The number of rotatable bonds is 8. The number of pyridine rings is 3. The molecule has 0 saturated heterocycles. The molecule has 0 spiro atoms. The molecule has 0 fully saturated rings. The maximum Gasteiger partial charge on any atom is 0.413 e. The monoisotopic (exact) mass is 838 g/mol. The lowest BCUT2D eigenvalue weighted by Crippen LogP contribution is -2.27. The number of nitrogens with zero attached hydrogens (tertiary/aromatic N) is 9. The lowest BCUT2D eigenvalue weighted by atomic mass is 10.2. The van der Waals surface area contributed by atoms with Crippen molar-refractivity contribution in [2.45, 2.75) is 59.7 Å². The predicted molar refractivity (Wildman–Crippen MR) is 242 cm³/mol. The number of nitrogens with two attached hydrogens (primary N) is 3. The van der Waals surface area contributed by atoms with E-state index in [1.807, 2.05) is 91.0 Å². The summed E-state index contributed by atoms with van der Waals surface area (Å²) in [5, 5.41) is 29.6. The third-order valence-electron chi connectivity index (χ3n) is 7.23. The van der Waals surface area contributed by atoms with Crippen molar-refractivity contribution in [3.05, 3.63) is 133 Å². The van der Waals surface area contributed by atoms with Gasteiger partial charge in [0.25, 0.3) is 0 Å². The number of aryl methyl sites for hydroxylation is 1. The van der Waals surface area contributed by atoms with Gasteiger partial charge in [0.1, 0.15) is 45.7 Å². The molecule has 8 N–H and O–H groups in total. The molecule has 0 radical (unpaired) electrons. The lowest BCUT2D eigenvalue weighted by molar-refractivity contribution is 0.0624. The highest BCUT2D eigenvalue weighted by Gasteiger charge is 2.18. The largest absolute Gasteiger partial charge is 0.444 e. The van der Waals surface area contributed by atoms with Gasteiger partial charge in [-0.15, -0.1) is 15.3 Å². The summed E-state index contributed by atoms with van der Waals surface area (Å²) in [5.41, 5.74) is 20.3. The highest BCUT2D eigenvalue weighted by atomic mass is 16.6. The van der Waals surface area contributed by atoms with Gasteiger partial charge in [0.2, 0.25) is 0 Å². The summed E-state index contributed by atoms with van der Waals surface area (Å²) in [6.45, 7) is 12.6. The molecule has 0 unspecified atom stereocenters. The van der Waals surface area contributed by atoms with E-state index in [0.29, 0.717) is 40.1 Å². The maximum atomic E-state index is 11.7. The van der Waals surface area contributed by atoms with Crippen LogP contribution in [0.5, 0.6) is 0 Å². The van der Waals surface area contributed by atoms with E-state index < -0.39 is 23.4 Å². The molecular formula is C44H50N14O4. The topological polar surface area (TPSA) is 268 Å². The van der Waals surface area contributed by atoms with Crippen LogP contribution in [0, 0.1) is 6.92 Å². The summed E-state index contributed by atoms with van der Waals surface area (Å²) in [5.74, 6) is 1.51. The van der Waals surface area contributed by atoms with E-state index in [4.69, 9.17) is 26.7 Å². The lowest BCUT2D eigenvalue weighted by Gasteiger charge is -2.19. The van der Waals surface area contributed by atoms with E-state index in [1.165, 1.54) is 0 Å². The molecule has 0 aliphatic carbocycles. The van der Waals surface area contributed by atoms with Crippen LogP contribution in [0.4, 0.5) is 72.8 Å². The Bertz CT molecular complexity index is 2350. The molecule has 18 heteroatoms. The smallest absolute Gasteiger partial charge is 0.413 e. The molecular weight excluding hydrogens is 789 g/mol. The molecule has 0 atom stereocenters. The SMILES string of the molecule is CC(C)(C)OC(=O)Nc1ccc(N=Nc2ccccc2)c(N)n1.Cc1nc(NC(=O)OC(C)(C)C)ccc1N=Nc1ccccc1.Nc1ccc(N=Nc2ccccc2)c(N)n1. The summed E-state index contributed by atoms with van der Waals surface area (Å²) in [7, 11) is 0. The van der Waals surface area contributed by atoms with Crippen LogP contribution in [-0.2, 0) is 9.47 Å². The van der Waals surface area contributed by atoms with E-state index in [1.54, 1.807) is 84.9 Å². The van der Waals surface area contributed by atoms with Gasteiger partial charge in [0, 0.05) is 0 Å². The molecule has 62 heavy (non-hydrogen) atoms. The molecule has 3 aromatic heterocycles. The van der Waals surface area contributed by atoms with Gasteiger partial charge in [-0.2, -0.15) is 15.3 Å². The van der Waals surface area contributed by atoms with Gasteiger partial charge in [-0.05, 0) is 121 Å². The van der Waals surface area contributed by atoms with Gasteiger partial charge >= 0.3 is 12.2 Å². The van der Waals surface area contributed by atoms with E-state index in [2.05, 4.69) is 56.3 Å². The highest BCUT2D eigenvalue weighted by molar-refractivity contribution is 5.84. The first kappa shape index (κ1) is 46.5. The van der Waals surface area contributed by atoms with Crippen molar-refractivity contribution < 1.29 is 19.1 Å². The quantitative estimate of drug-likeness (QED) is 0.0904. The van der Waals surface area contributed by atoms with E-state index in [9.17, 15) is 9.59 Å². The summed E-state index contributed by atoms with van der Waals surface area (Å²) in [4.78, 5) is 35.6. The van der Waals surface area contributed by atoms with Gasteiger partial charge in [0.15, 0.2) is 11.6 Å². The minimum Gasteiger partial charge on any atom is -0.444 e. The Hall–Kier alpha value is -8.15. The number of carbonyl (C=O) groups excluding carboxylic acids is 2. The van der Waals surface area contributed by atoms with Crippen LogP contribution in [0.1, 0.15) is 47.2 Å². The Balaban J connectivity index is 0.000000208. The van der Waals surface area contributed by atoms with E-state index in [-0.39, 0.29) is 17.5 Å². The molecule has 320 valence electrons. The fraction of sp³-hybridized carbons (Fsp3) is 0.205. The van der Waals surface area contributed by atoms with Crippen LogP contribution in [0.15, 0.2) is 158 Å². The number of nitrogens with one attached hydrogen (secondary N) is 2. The van der Waals surface area contributed by atoms with E-state index in [0.717, 1.165) is 11.4 Å². The zero-order chi connectivity index (χ0) is 45.1. The molecule has 6 aromatic rings. The predicted octanol–water partition coefficient (Wildman–Crippen LogP) is 12.2. The van der Waals surface area contributed by atoms with Crippen LogP contribution >= 0.6 is 0 Å². The van der Waals surface area contributed by atoms with Crippen molar-refractivity contribution in [3.8, 4) is 0 Å². The first-order valence-corrected chi connectivity index (χ1v) is 19.1. The summed E-state index contributed by atoms with van der Waals surface area (Å²) < 4.78 is 10.3. The minimum absolute atomic E-state index is 0.165. The number of amides is 2. The number of azo groups is 3. The zero-order valence-corrected chi connectivity index (χ0v) is 35.5. The fourth-order valence-electron chi connectivity index (χ4n) is 4.55. The number of nitrogen functional groups attached to an aromatic ring is 3. The number of anilines is 5. The Morgan fingerprint density at radius 3 is 1.19 bits per heavy atom. The molecule has 0 aliphatic heterocycles. The molecule has 0 bridgehead atoms. The van der Waals surface area contributed by atoms with Crippen LogP contribution < -0.4 is 27.8 Å². The molecule has 0 saturated carbocycles. The molecule has 3 heterocycles. The number of ether oxygens (including phenoxy) is 2. The van der Waals surface area contributed by atoms with Crippen LogP contribution in [0.2, 0.25) is 0 Å². The molecule has 6 rings (SSSR count). The molecule has 3 aromatic carbocycles. The second-order valence-electron chi connectivity index (χ2n) is 14.9. The Labute approximate surface area is 359 Å². The van der Waals surface area contributed by atoms with Crippen molar-refractivity contribution in [3.63, 3.8) is 0 Å².